The van der Waals surface area contributed by atoms with Gasteiger partial charge in [0.1, 0.15) is 0 Å². The van der Waals surface area contributed by atoms with Gasteiger partial charge in [0.05, 0.1) is 11.7 Å². The molecule has 1 saturated heterocycles. The molecule has 0 saturated carbocycles. The van der Waals surface area contributed by atoms with Crippen molar-refractivity contribution in [1.82, 2.24) is 9.38 Å². The zero-order valence-electron chi connectivity index (χ0n) is 9.26. The van der Waals surface area contributed by atoms with Gasteiger partial charge >= 0.3 is 0 Å². The van der Waals surface area contributed by atoms with Gasteiger partial charge in [0.15, 0.2) is 0 Å². The Bertz CT molecular complexity index is 497. The zero-order valence-corrected chi connectivity index (χ0v) is 9.26. The molecule has 1 aliphatic heterocycles. The largest absolute Gasteiger partial charge is 0.371 e. The third kappa shape index (κ3) is 1.50. The summed E-state index contributed by atoms with van der Waals surface area (Å²) in [4.78, 5) is 6.54. The van der Waals surface area contributed by atoms with Gasteiger partial charge in [-0.05, 0) is 31.4 Å². The third-order valence-corrected chi connectivity index (χ3v) is 3.27. The fourth-order valence-corrected chi connectivity index (χ4v) is 2.36. The van der Waals surface area contributed by atoms with E-state index in [4.69, 9.17) is 5.73 Å². The second kappa shape index (κ2) is 3.70. The highest BCUT2D eigenvalue weighted by Gasteiger charge is 2.11. The van der Waals surface area contributed by atoms with Gasteiger partial charge < -0.3 is 10.6 Å². The average Bonchev–Trinajstić information content (AvgIpc) is 2.72. The normalized spacial score (nSPS) is 16.9. The van der Waals surface area contributed by atoms with E-state index < -0.39 is 0 Å². The number of hydrogen-bond donors (Lipinski definition) is 1. The van der Waals surface area contributed by atoms with Crippen LogP contribution < -0.4 is 10.6 Å². The number of imidazole rings is 1. The molecule has 0 unspecified atom stereocenters. The number of nitrogen functional groups attached to an aromatic ring is 1. The van der Waals surface area contributed by atoms with Crippen LogP contribution >= 0.6 is 0 Å². The van der Waals surface area contributed by atoms with Crippen molar-refractivity contribution in [2.24, 2.45) is 0 Å². The predicted octanol–water partition coefficient (Wildman–Crippen LogP) is 1.91. The Balaban J connectivity index is 1.97. The van der Waals surface area contributed by atoms with E-state index in [9.17, 15) is 0 Å². The molecule has 0 aromatic carbocycles. The van der Waals surface area contributed by atoms with Gasteiger partial charge in [-0.15, -0.1) is 0 Å². The monoisotopic (exact) mass is 216 g/mol. The van der Waals surface area contributed by atoms with Gasteiger partial charge in [0, 0.05) is 25.0 Å². The summed E-state index contributed by atoms with van der Waals surface area (Å²) in [6.45, 7) is 2.33. The Morgan fingerprint density at radius 1 is 1.19 bits per heavy atom. The Morgan fingerprint density at radius 3 is 2.81 bits per heavy atom. The SMILES string of the molecule is Nc1ncc2cc(N3CCCCC3)ccn12. The lowest BCUT2D eigenvalue weighted by molar-refractivity contribution is 0.578. The van der Waals surface area contributed by atoms with Crippen LogP contribution in [0.25, 0.3) is 5.52 Å². The maximum atomic E-state index is 5.74. The molecule has 2 aromatic heterocycles. The number of pyridine rings is 1. The number of anilines is 2. The smallest absolute Gasteiger partial charge is 0.204 e. The molecule has 4 heteroatoms. The quantitative estimate of drug-likeness (QED) is 0.792. The number of rotatable bonds is 1. The Kier molecular flexibility index (Phi) is 2.20. The van der Waals surface area contributed by atoms with Crippen molar-refractivity contribution in [3.63, 3.8) is 0 Å². The first-order valence-corrected chi connectivity index (χ1v) is 5.82. The minimum Gasteiger partial charge on any atom is -0.371 e. The van der Waals surface area contributed by atoms with E-state index in [1.165, 1.54) is 38.0 Å². The van der Waals surface area contributed by atoms with Crippen molar-refractivity contribution < 1.29 is 0 Å². The van der Waals surface area contributed by atoms with Crippen molar-refractivity contribution in [1.29, 1.82) is 0 Å². The number of piperidine rings is 1. The minimum atomic E-state index is 0.556. The van der Waals surface area contributed by atoms with E-state index in [0.717, 1.165) is 5.52 Å². The summed E-state index contributed by atoms with van der Waals surface area (Å²) < 4.78 is 1.91. The first kappa shape index (κ1) is 9.51. The standard InChI is InChI=1S/C12H16N4/c13-12-14-9-11-8-10(4-7-16(11)12)15-5-2-1-3-6-15/h4,7-9H,1-3,5-6H2,(H2,13,14). The lowest BCUT2D eigenvalue weighted by Crippen LogP contribution is -2.29. The van der Waals surface area contributed by atoms with Crippen LogP contribution in [0.1, 0.15) is 19.3 Å². The van der Waals surface area contributed by atoms with Gasteiger partial charge in [0.25, 0.3) is 0 Å². The molecule has 4 nitrogen and oxygen atoms in total. The highest BCUT2D eigenvalue weighted by Crippen LogP contribution is 2.22. The highest BCUT2D eigenvalue weighted by molar-refractivity contribution is 5.61. The first-order chi connectivity index (χ1) is 7.84. The molecule has 0 radical (unpaired) electrons. The summed E-state index contributed by atoms with van der Waals surface area (Å²) >= 11 is 0. The summed E-state index contributed by atoms with van der Waals surface area (Å²) in [6.07, 6.45) is 7.78. The van der Waals surface area contributed by atoms with Crippen LogP contribution in [0.15, 0.2) is 24.5 Å². The van der Waals surface area contributed by atoms with Gasteiger partial charge in [-0.2, -0.15) is 0 Å². The molecule has 16 heavy (non-hydrogen) atoms. The molecule has 1 fully saturated rings. The molecule has 2 N–H and O–H groups in total. The fraction of sp³-hybridized carbons (Fsp3) is 0.417. The zero-order chi connectivity index (χ0) is 11.0. The molecule has 0 aliphatic carbocycles. The molecule has 0 spiro atoms. The van der Waals surface area contributed by atoms with Crippen molar-refractivity contribution in [2.75, 3.05) is 23.7 Å². The van der Waals surface area contributed by atoms with Gasteiger partial charge in [-0.1, -0.05) is 0 Å². The molecule has 2 aromatic rings. The summed E-state index contributed by atoms with van der Waals surface area (Å²) in [5.74, 6) is 0.556. The lowest BCUT2D eigenvalue weighted by atomic mass is 10.1. The molecule has 84 valence electrons. The van der Waals surface area contributed by atoms with Crippen LogP contribution in [-0.2, 0) is 0 Å². The van der Waals surface area contributed by atoms with Gasteiger partial charge in [-0.25, -0.2) is 4.98 Å². The van der Waals surface area contributed by atoms with E-state index in [1.807, 2.05) is 16.8 Å². The van der Waals surface area contributed by atoms with E-state index in [2.05, 4.69) is 22.0 Å². The van der Waals surface area contributed by atoms with Crippen molar-refractivity contribution in [3.8, 4) is 0 Å². The number of hydrogen-bond acceptors (Lipinski definition) is 3. The molecule has 0 atom stereocenters. The topological polar surface area (TPSA) is 46.6 Å². The Hall–Kier alpha value is -1.71. The number of nitrogens with zero attached hydrogens (tertiary/aromatic N) is 3. The van der Waals surface area contributed by atoms with Gasteiger partial charge in [-0.3, -0.25) is 4.40 Å². The predicted molar refractivity (Wildman–Crippen MR) is 65.7 cm³/mol. The lowest BCUT2D eigenvalue weighted by Gasteiger charge is -2.28. The number of aromatic nitrogens is 2. The van der Waals surface area contributed by atoms with Crippen LogP contribution in [0.3, 0.4) is 0 Å². The molecule has 0 amide bonds. The van der Waals surface area contributed by atoms with Crippen molar-refractivity contribution in [3.05, 3.63) is 24.5 Å². The van der Waals surface area contributed by atoms with E-state index >= 15 is 0 Å². The van der Waals surface area contributed by atoms with E-state index in [1.54, 1.807) is 0 Å². The number of fused-ring (bicyclic) bond motifs is 1. The first-order valence-electron chi connectivity index (χ1n) is 5.82. The highest BCUT2D eigenvalue weighted by atomic mass is 15.1. The number of nitrogens with two attached hydrogens (primary N) is 1. The second-order valence-electron chi connectivity index (χ2n) is 4.34. The molecule has 3 rings (SSSR count). The second-order valence-corrected chi connectivity index (χ2v) is 4.34. The third-order valence-electron chi connectivity index (χ3n) is 3.27. The summed E-state index contributed by atoms with van der Waals surface area (Å²) in [5, 5.41) is 0. The van der Waals surface area contributed by atoms with Crippen molar-refractivity contribution in [2.45, 2.75) is 19.3 Å². The maximum absolute atomic E-state index is 5.74. The Morgan fingerprint density at radius 2 is 2.00 bits per heavy atom. The van der Waals surface area contributed by atoms with E-state index in [0.29, 0.717) is 5.95 Å². The van der Waals surface area contributed by atoms with Crippen LogP contribution in [0, 0.1) is 0 Å². The molecular formula is C12H16N4. The fourth-order valence-electron chi connectivity index (χ4n) is 2.36. The summed E-state index contributed by atoms with van der Waals surface area (Å²) in [5.41, 5.74) is 8.10. The van der Waals surface area contributed by atoms with Crippen LogP contribution in [-0.4, -0.2) is 22.5 Å². The van der Waals surface area contributed by atoms with Gasteiger partial charge in [0.2, 0.25) is 5.95 Å². The average molecular weight is 216 g/mol. The molecule has 1 aliphatic rings. The summed E-state index contributed by atoms with van der Waals surface area (Å²) in [7, 11) is 0. The van der Waals surface area contributed by atoms with Crippen LogP contribution in [0.5, 0.6) is 0 Å². The molecular weight excluding hydrogens is 200 g/mol. The van der Waals surface area contributed by atoms with E-state index in [-0.39, 0.29) is 0 Å². The molecule has 3 heterocycles. The van der Waals surface area contributed by atoms with Crippen LogP contribution in [0.4, 0.5) is 11.6 Å². The molecule has 0 bridgehead atoms. The van der Waals surface area contributed by atoms with Crippen LogP contribution in [0.2, 0.25) is 0 Å². The summed E-state index contributed by atoms with van der Waals surface area (Å²) in [6, 6.07) is 4.28. The Labute approximate surface area is 94.7 Å². The minimum absolute atomic E-state index is 0.556. The van der Waals surface area contributed by atoms with Crippen molar-refractivity contribution >= 4 is 17.2 Å². The maximum Gasteiger partial charge on any atom is 0.204 e.